The smallest absolute Gasteiger partial charge is 0.324 e. The molecule has 0 radical (unpaired) electrons. The second kappa shape index (κ2) is 8.05. The Kier molecular flexibility index (Phi) is 5.53. The monoisotopic (exact) mass is 404 g/mol. The van der Waals surface area contributed by atoms with Crippen LogP contribution < -0.4 is 10.9 Å². The van der Waals surface area contributed by atoms with Gasteiger partial charge in [-0.25, -0.2) is 0 Å². The fourth-order valence-electron chi connectivity index (χ4n) is 2.62. The van der Waals surface area contributed by atoms with Gasteiger partial charge in [0.1, 0.15) is 5.69 Å². The minimum Gasteiger partial charge on any atom is -0.324 e. The molecule has 0 aliphatic rings. The molecule has 0 aliphatic carbocycles. The van der Waals surface area contributed by atoms with Crippen LogP contribution in [0.4, 0.5) is 24.5 Å². The number of alkyl halides is 3. The molecule has 3 aromatic rings. The minimum atomic E-state index is -4.71. The van der Waals surface area contributed by atoms with Crippen LogP contribution in [-0.4, -0.2) is 15.4 Å². The summed E-state index contributed by atoms with van der Waals surface area (Å²) >= 11 is 0. The predicted octanol–water partition coefficient (Wildman–Crippen LogP) is 4.09. The molecule has 29 heavy (non-hydrogen) atoms. The summed E-state index contributed by atoms with van der Waals surface area (Å²) in [6, 6.07) is 12.9. The molecule has 0 saturated heterocycles. The molecule has 0 fully saturated rings. The van der Waals surface area contributed by atoms with Crippen molar-refractivity contribution in [2.45, 2.75) is 12.6 Å². The normalized spacial score (nSPS) is 11.1. The third-order valence-corrected chi connectivity index (χ3v) is 4.06. The third-order valence-electron chi connectivity index (χ3n) is 4.06. The van der Waals surface area contributed by atoms with Gasteiger partial charge in [0.05, 0.1) is 16.9 Å². The van der Waals surface area contributed by atoms with Gasteiger partial charge in [0.25, 0.3) is 5.69 Å². The van der Waals surface area contributed by atoms with Crippen molar-refractivity contribution in [1.29, 1.82) is 0 Å². The maximum Gasteiger partial charge on any atom is 0.416 e. The van der Waals surface area contributed by atoms with Gasteiger partial charge >= 0.3 is 6.18 Å². The second-order valence-electron chi connectivity index (χ2n) is 6.09. The lowest BCUT2D eigenvalue weighted by Gasteiger charge is -2.11. The van der Waals surface area contributed by atoms with E-state index < -0.39 is 28.3 Å². The van der Waals surface area contributed by atoms with E-state index in [4.69, 9.17) is 0 Å². The number of benzene rings is 2. The van der Waals surface area contributed by atoms with Crippen LogP contribution in [0.15, 0.2) is 67.0 Å². The lowest BCUT2D eigenvalue weighted by atomic mass is 10.1. The maximum atomic E-state index is 12.7. The number of halogens is 3. The van der Waals surface area contributed by atoms with Gasteiger partial charge in [0.15, 0.2) is 0 Å². The topological polar surface area (TPSA) is 89.2 Å². The highest BCUT2D eigenvalue weighted by molar-refractivity contribution is 5.80. The first-order valence-electron chi connectivity index (χ1n) is 8.37. The molecule has 2 aromatic carbocycles. The molecule has 1 heterocycles. The van der Waals surface area contributed by atoms with Crippen LogP contribution in [0.2, 0.25) is 0 Å². The number of aromatic nitrogens is 1. The lowest BCUT2D eigenvalue weighted by molar-refractivity contribution is -0.384. The Morgan fingerprint density at radius 1 is 1.07 bits per heavy atom. The molecule has 0 atom stereocenters. The number of nitrogens with one attached hydrogen (secondary N) is 2. The molecule has 1 aromatic heterocycles. The van der Waals surface area contributed by atoms with E-state index in [1.54, 1.807) is 12.1 Å². The van der Waals surface area contributed by atoms with E-state index in [2.05, 4.69) is 10.9 Å². The van der Waals surface area contributed by atoms with Crippen LogP contribution in [0.25, 0.3) is 5.69 Å². The summed E-state index contributed by atoms with van der Waals surface area (Å²) in [4.78, 5) is 22.2. The zero-order chi connectivity index (χ0) is 21.0. The van der Waals surface area contributed by atoms with E-state index in [0.29, 0.717) is 17.7 Å². The molecule has 0 spiro atoms. The van der Waals surface area contributed by atoms with Gasteiger partial charge in [-0.15, -0.1) is 0 Å². The number of nitrogens with zero attached hydrogens (tertiary/aromatic N) is 2. The highest BCUT2D eigenvalue weighted by atomic mass is 19.4. The summed E-state index contributed by atoms with van der Waals surface area (Å²) in [5, 5.41) is 11.0. The number of carbonyl (C=O) groups is 1. The average molecular weight is 404 g/mol. The standard InChI is InChI=1S/C19H15F3N4O3/c20-19(21,22)14-5-8-16(17(12-14)26(28)29)23-24-18(27)11-13-3-6-15(7-4-13)25-9-1-2-10-25/h1-10,12,23H,11H2,(H,24,27). The number of rotatable bonds is 6. The molecule has 0 unspecified atom stereocenters. The number of anilines is 1. The van der Waals surface area contributed by atoms with Crippen LogP contribution in [0.3, 0.4) is 0 Å². The lowest BCUT2D eigenvalue weighted by Crippen LogP contribution is -2.31. The zero-order valence-electron chi connectivity index (χ0n) is 14.8. The van der Waals surface area contributed by atoms with Crippen LogP contribution in [0.1, 0.15) is 11.1 Å². The molecule has 0 aliphatic heterocycles. The number of nitro benzene ring substituents is 1. The van der Waals surface area contributed by atoms with E-state index in [1.807, 2.05) is 41.2 Å². The number of hydrogen-bond donors (Lipinski definition) is 2. The Hall–Kier alpha value is -3.82. The summed E-state index contributed by atoms with van der Waals surface area (Å²) in [7, 11) is 0. The van der Waals surface area contributed by atoms with Crippen molar-refractivity contribution in [1.82, 2.24) is 9.99 Å². The van der Waals surface area contributed by atoms with Crippen LogP contribution in [0.5, 0.6) is 0 Å². The first-order valence-corrected chi connectivity index (χ1v) is 8.37. The van der Waals surface area contributed by atoms with E-state index in [0.717, 1.165) is 11.8 Å². The van der Waals surface area contributed by atoms with E-state index in [-0.39, 0.29) is 12.1 Å². The first-order chi connectivity index (χ1) is 13.7. The van der Waals surface area contributed by atoms with Crippen molar-refractivity contribution in [3.05, 3.63) is 88.2 Å². The number of hydrazine groups is 1. The summed E-state index contributed by atoms with van der Waals surface area (Å²) in [6.45, 7) is 0. The first kappa shape index (κ1) is 19.9. The van der Waals surface area contributed by atoms with E-state index >= 15 is 0 Å². The Morgan fingerprint density at radius 3 is 2.31 bits per heavy atom. The molecule has 0 bridgehead atoms. The molecular weight excluding hydrogens is 389 g/mol. The van der Waals surface area contributed by atoms with Crippen molar-refractivity contribution >= 4 is 17.3 Å². The third kappa shape index (κ3) is 4.92. The Bertz CT molecular complexity index is 1020. The summed E-state index contributed by atoms with van der Waals surface area (Å²) < 4.78 is 40.1. The van der Waals surface area contributed by atoms with Crippen molar-refractivity contribution in [2.24, 2.45) is 0 Å². The molecular formula is C19H15F3N4O3. The van der Waals surface area contributed by atoms with E-state index in [1.165, 1.54) is 0 Å². The molecule has 1 amide bonds. The van der Waals surface area contributed by atoms with Crippen molar-refractivity contribution < 1.29 is 22.9 Å². The average Bonchev–Trinajstić information content (AvgIpc) is 3.21. The molecule has 0 saturated carbocycles. The predicted molar refractivity (Wildman–Crippen MR) is 99.3 cm³/mol. The highest BCUT2D eigenvalue weighted by Crippen LogP contribution is 2.34. The quantitative estimate of drug-likeness (QED) is 0.478. The van der Waals surface area contributed by atoms with Crippen LogP contribution >= 0.6 is 0 Å². The van der Waals surface area contributed by atoms with Gasteiger partial charge in [0, 0.05) is 24.1 Å². The second-order valence-corrected chi connectivity index (χ2v) is 6.09. The Balaban J connectivity index is 1.64. The van der Waals surface area contributed by atoms with Gasteiger partial charge in [-0.2, -0.15) is 13.2 Å². The highest BCUT2D eigenvalue weighted by Gasteiger charge is 2.33. The van der Waals surface area contributed by atoms with Gasteiger partial charge in [-0.1, -0.05) is 12.1 Å². The van der Waals surface area contributed by atoms with Crippen molar-refractivity contribution in [3.8, 4) is 5.69 Å². The summed E-state index contributed by atoms with van der Waals surface area (Å²) in [6.07, 6.45) is -0.974. The molecule has 10 heteroatoms. The number of nitro groups is 1. The number of amides is 1. The van der Waals surface area contributed by atoms with Crippen molar-refractivity contribution in [3.63, 3.8) is 0 Å². The number of hydrogen-bond acceptors (Lipinski definition) is 4. The summed E-state index contributed by atoms with van der Waals surface area (Å²) in [5.74, 6) is -0.507. The fourth-order valence-corrected chi connectivity index (χ4v) is 2.62. The molecule has 150 valence electrons. The van der Waals surface area contributed by atoms with Gasteiger partial charge in [-0.3, -0.25) is 25.8 Å². The fraction of sp³-hybridized carbons (Fsp3) is 0.105. The van der Waals surface area contributed by atoms with Gasteiger partial charge < -0.3 is 4.57 Å². The maximum absolute atomic E-state index is 12.7. The number of carbonyl (C=O) groups excluding carboxylic acids is 1. The van der Waals surface area contributed by atoms with Gasteiger partial charge in [-0.05, 0) is 42.0 Å². The molecule has 7 nitrogen and oxygen atoms in total. The largest absolute Gasteiger partial charge is 0.416 e. The Labute approximate surface area is 162 Å². The molecule has 2 N–H and O–H groups in total. The van der Waals surface area contributed by atoms with Crippen molar-refractivity contribution in [2.75, 3.05) is 5.43 Å². The molecule has 3 rings (SSSR count). The van der Waals surface area contributed by atoms with Crippen LogP contribution in [-0.2, 0) is 17.4 Å². The van der Waals surface area contributed by atoms with Gasteiger partial charge in [0.2, 0.25) is 5.91 Å². The SMILES string of the molecule is O=C(Cc1ccc(-n2cccc2)cc1)NNc1ccc(C(F)(F)F)cc1[N+](=O)[O-]. The zero-order valence-corrected chi connectivity index (χ0v) is 14.8. The minimum absolute atomic E-state index is 0.0204. The Morgan fingerprint density at radius 2 is 1.72 bits per heavy atom. The summed E-state index contributed by atoms with van der Waals surface area (Å²) in [5.41, 5.74) is 3.99. The van der Waals surface area contributed by atoms with E-state index in [9.17, 15) is 28.1 Å². The van der Waals surface area contributed by atoms with Crippen LogP contribution in [0, 0.1) is 10.1 Å².